The molecule has 2 aromatic rings. The lowest BCUT2D eigenvalue weighted by Crippen LogP contribution is -2.00. The molecule has 0 unspecified atom stereocenters. The Morgan fingerprint density at radius 1 is 1.30 bits per heavy atom. The first-order valence-electron chi connectivity index (χ1n) is 5.41. The highest BCUT2D eigenvalue weighted by Gasteiger charge is 2.12. The molecule has 100 valence electrons. The first-order chi connectivity index (χ1) is 9.51. The molecule has 6 heteroatoms. The third-order valence-electron chi connectivity index (χ3n) is 2.46. The predicted molar refractivity (Wildman–Crippen MR) is 69.6 cm³/mol. The van der Waals surface area contributed by atoms with Crippen molar-refractivity contribution in [2.45, 2.75) is 0 Å². The van der Waals surface area contributed by atoms with Gasteiger partial charge in [0.15, 0.2) is 0 Å². The second kappa shape index (κ2) is 5.59. The predicted octanol–water partition coefficient (Wildman–Crippen LogP) is 3.84. The Morgan fingerprint density at radius 2 is 2.05 bits per heavy atom. The number of hydrogen-bond acceptors (Lipinski definition) is 3. The summed E-state index contributed by atoms with van der Waals surface area (Å²) >= 11 is 5.80. The van der Waals surface area contributed by atoms with Gasteiger partial charge in [-0.2, -0.15) is 5.26 Å². The number of nitrogens with zero attached hydrogens (tertiary/aromatic N) is 1. The lowest BCUT2D eigenvalue weighted by molar-refractivity contribution is 0.0692. The van der Waals surface area contributed by atoms with Gasteiger partial charge in [0.25, 0.3) is 0 Å². The maximum absolute atomic E-state index is 13.5. The van der Waals surface area contributed by atoms with Crippen molar-refractivity contribution in [1.82, 2.24) is 0 Å². The van der Waals surface area contributed by atoms with E-state index in [1.54, 1.807) is 0 Å². The summed E-state index contributed by atoms with van der Waals surface area (Å²) in [7, 11) is 0. The Bertz CT molecular complexity index is 725. The summed E-state index contributed by atoms with van der Waals surface area (Å²) in [6, 6.07) is 9.66. The standard InChI is InChI=1S/C14H7ClFNO3/c15-9-2-1-8(7-17)13(5-9)20-10-3-4-11(14(18)19)12(16)6-10/h1-6H,(H,18,19). The number of aromatic carboxylic acids is 1. The minimum Gasteiger partial charge on any atom is -0.478 e. The number of carboxylic acid groups (broad SMARTS) is 1. The lowest BCUT2D eigenvalue weighted by Gasteiger charge is -2.08. The van der Waals surface area contributed by atoms with Crippen LogP contribution in [0.3, 0.4) is 0 Å². The highest BCUT2D eigenvalue weighted by atomic mass is 35.5. The van der Waals surface area contributed by atoms with Crippen LogP contribution in [-0.2, 0) is 0 Å². The van der Waals surface area contributed by atoms with Crippen molar-refractivity contribution in [3.05, 3.63) is 58.4 Å². The maximum atomic E-state index is 13.5. The first-order valence-corrected chi connectivity index (χ1v) is 5.79. The molecule has 0 saturated heterocycles. The second-order valence-corrected chi connectivity index (χ2v) is 4.24. The van der Waals surface area contributed by atoms with Crippen LogP contribution < -0.4 is 4.74 Å². The molecule has 0 amide bonds. The molecule has 0 atom stereocenters. The van der Waals surface area contributed by atoms with Crippen molar-refractivity contribution in [3.63, 3.8) is 0 Å². The van der Waals surface area contributed by atoms with Crippen LogP contribution >= 0.6 is 11.6 Å². The molecule has 0 aliphatic carbocycles. The van der Waals surface area contributed by atoms with Crippen molar-refractivity contribution < 1.29 is 19.0 Å². The van der Waals surface area contributed by atoms with Gasteiger partial charge in [-0.05, 0) is 24.3 Å². The van der Waals surface area contributed by atoms with E-state index in [1.807, 2.05) is 6.07 Å². The molecule has 0 aromatic heterocycles. The third-order valence-corrected chi connectivity index (χ3v) is 2.70. The third kappa shape index (κ3) is 2.87. The Labute approximate surface area is 118 Å². The fraction of sp³-hybridized carbons (Fsp3) is 0. The fourth-order valence-corrected chi connectivity index (χ4v) is 1.69. The van der Waals surface area contributed by atoms with E-state index < -0.39 is 17.3 Å². The molecule has 4 nitrogen and oxygen atoms in total. The Balaban J connectivity index is 2.36. The quantitative estimate of drug-likeness (QED) is 0.932. The molecule has 0 radical (unpaired) electrons. The Hall–Kier alpha value is -2.58. The van der Waals surface area contributed by atoms with Gasteiger partial charge >= 0.3 is 5.97 Å². The van der Waals surface area contributed by atoms with E-state index in [-0.39, 0.29) is 17.1 Å². The number of benzene rings is 2. The number of rotatable bonds is 3. The summed E-state index contributed by atoms with van der Waals surface area (Å²) in [5.41, 5.74) is -0.221. The van der Waals surface area contributed by atoms with Crippen LogP contribution in [0, 0.1) is 17.1 Å². The van der Waals surface area contributed by atoms with Gasteiger partial charge in [-0.1, -0.05) is 11.6 Å². The smallest absolute Gasteiger partial charge is 0.338 e. The summed E-state index contributed by atoms with van der Waals surface area (Å²) < 4.78 is 18.9. The minimum absolute atomic E-state index is 0.0752. The van der Waals surface area contributed by atoms with E-state index in [0.717, 1.165) is 12.1 Å². The molecule has 2 aromatic carbocycles. The van der Waals surface area contributed by atoms with Gasteiger partial charge in [0.1, 0.15) is 23.4 Å². The zero-order chi connectivity index (χ0) is 14.7. The van der Waals surface area contributed by atoms with Crippen molar-refractivity contribution >= 4 is 17.6 Å². The van der Waals surface area contributed by atoms with Gasteiger partial charge in [-0.3, -0.25) is 0 Å². The van der Waals surface area contributed by atoms with Gasteiger partial charge in [-0.25, -0.2) is 9.18 Å². The van der Waals surface area contributed by atoms with E-state index in [1.165, 1.54) is 24.3 Å². The summed E-state index contributed by atoms with van der Waals surface area (Å²) in [6.45, 7) is 0. The molecule has 0 bridgehead atoms. The Kier molecular flexibility index (Phi) is 3.87. The number of carboxylic acids is 1. The topological polar surface area (TPSA) is 70.3 Å². The zero-order valence-electron chi connectivity index (χ0n) is 9.93. The molecule has 0 fully saturated rings. The summed E-state index contributed by atoms with van der Waals surface area (Å²) in [5.74, 6) is -2.04. The van der Waals surface area contributed by atoms with Gasteiger partial charge < -0.3 is 9.84 Å². The summed E-state index contributed by atoms with van der Waals surface area (Å²) in [5, 5.41) is 18.0. The Morgan fingerprint density at radius 3 is 2.65 bits per heavy atom. The van der Waals surface area contributed by atoms with Crippen molar-refractivity contribution in [1.29, 1.82) is 5.26 Å². The average molecular weight is 292 g/mol. The molecule has 0 aliphatic heterocycles. The van der Waals surface area contributed by atoms with E-state index in [4.69, 9.17) is 26.7 Å². The number of nitriles is 1. The normalized spacial score (nSPS) is 9.85. The number of carbonyl (C=O) groups is 1. The number of ether oxygens (including phenoxy) is 1. The molecule has 20 heavy (non-hydrogen) atoms. The van der Waals surface area contributed by atoms with Crippen LogP contribution in [0.2, 0.25) is 5.02 Å². The monoisotopic (exact) mass is 291 g/mol. The van der Waals surface area contributed by atoms with Crippen molar-refractivity contribution in [2.75, 3.05) is 0 Å². The molecular weight excluding hydrogens is 285 g/mol. The molecule has 1 N–H and O–H groups in total. The first kappa shape index (κ1) is 13.8. The van der Waals surface area contributed by atoms with E-state index >= 15 is 0 Å². The van der Waals surface area contributed by atoms with E-state index in [9.17, 15) is 9.18 Å². The van der Waals surface area contributed by atoms with Gasteiger partial charge in [0.2, 0.25) is 0 Å². The average Bonchev–Trinajstić information content (AvgIpc) is 2.38. The van der Waals surface area contributed by atoms with E-state index in [0.29, 0.717) is 5.02 Å². The van der Waals surface area contributed by atoms with Gasteiger partial charge in [0, 0.05) is 17.2 Å². The van der Waals surface area contributed by atoms with Crippen LogP contribution in [0.4, 0.5) is 4.39 Å². The SMILES string of the molecule is N#Cc1ccc(Cl)cc1Oc1ccc(C(=O)O)c(F)c1. The van der Waals surface area contributed by atoms with E-state index in [2.05, 4.69) is 0 Å². The molecular formula is C14H7ClFNO3. The minimum atomic E-state index is -1.37. The maximum Gasteiger partial charge on any atom is 0.338 e. The van der Waals surface area contributed by atoms with Crippen LogP contribution in [-0.4, -0.2) is 11.1 Å². The van der Waals surface area contributed by atoms with Crippen LogP contribution in [0.15, 0.2) is 36.4 Å². The molecule has 0 saturated carbocycles. The largest absolute Gasteiger partial charge is 0.478 e. The molecule has 2 rings (SSSR count). The van der Waals surface area contributed by atoms with Gasteiger partial charge in [0.05, 0.1) is 11.1 Å². The summed E-state index contributed by atoms with van der Waals surface area (Å²) in [4.78, 5) is 10.7. The molecule has 0 spiro atoms. The highest BCUT2D eigenvalue weighted by Crippen LogP contribution is 2.29. The van der Waals surface area contributed by atoms with Crippen molar-refractivity contribution in [3.8, 4) is 17.6 Å². The number of halogens is 2. The lowest BCUT2D eigenvalue weighted by atomic mass is 10.2. The molecule has 0 aliphatic rings. The van der Waals surface area contributed by atoms with Crippen molar-refractivity contribution in [2.24, 2.45) is 0 Å². The van der Waals surface area contributed by atoms with Crippen LogP contribution in [0.1, 0.15) is 15.9 Å². The van der Waals surface area contributed by atoms with Crippen LogP contribution in [0.25, 0.3) is 0 Å². The zero-order valence-corrected chi connectivity index (χ0v) is 10.7. The molecule has 0 heterocycles. The fourth-order valence-electron chi connectivity index (χ4n) is 1.53. The number of hydrogen-bond donors (Lipinski definition) is 1. The summed E-state index contributed by atoms with van der Waals surface area (Å²) in [6.07, 6.45) is 0. The van der Waals surface area contributed by atoms with Crippen LogP contribution in [0.5, 0.6) is 11.5 Å². The second-order valence-electron chi connectivity index (χ2n) is 3.80. The van der Waals surface area contributed by atoms with Gasteiger partial charge in [-0.15, -0.1) is 0 Å². The highest BCUT2D eigenvalue weighted by molar-refractivity contribution is 6.30.